The minimum absolute atomic E-state index is 0.155. The van der Waals surface area contributed by atoms with E-state index in [-0.39, 0.29) is 6.10 Å². The lowest BCUT2D eigenvalue weighted by Gasteiger charge is -2.10. The highest BCUT2D eigenvalue weighted by molar-refractivity contribution is 5.92. The maximum atomic E-state index is 5.83. The molecule has 0 saturated carbocycles. The number of guanidine groups is 1. The zero-order chi connectivity index (χ0) is 15.2. The van der Waals surface area contributed by atoms with Crippen molar-refractivity contribution >= 4 is 11.6 Å². The third kappa shape index (κ3) is 4.79. The number of nitrogens with zero attached hydrogens (tertiary/aromatic N) is 4. The molecule has 0 saturated heterocycles. The number of benzene rings is 1. The van der Waals surface area contributed by atoms with Gasteiger partial charge in [0.2, 0.25) is 0 Å². The van der Waals surface area contributed by atoms with Crippen LogP contribution in [0.15, 0.2) is 35.5 Å². The normalized spacial score (nSPS) is 11.7. The lowest BCUT2D eigenvalue weighted by Crippen LogP contribution is -2.22. The van der Waals surface area contributed by atoms with Crippen molar-refractivity contribution < 1.29 is 4.74 Å². The van der Waals surface area contributed by atoms with Crippen LogP contribution in [-0.2, 0) is 13.6 Å². The van der Waals surface area contributed by atoms with Gasteiger partial charge in [-0.25, -0.2) is 4.99 Å². The van der Waals surface area contributed by atoms with Crippen molar-refractivity contribution in [2.24, 2.45) is 17.8 Å². The largest absolute Gasteiger partial charge is 0.491 e. The summed E-state index contributed by atoms with van der Waals surface area (Å²) in [5, 5.41) is 11.1. The van der Waals surface area contributed by atoms with Crippen LogP contribution in [0.2, 0.25) is 0 Å². The number of nitrogens with two attached hydrogens (primary N) is 1. The lowest BCUT2D eigenvalue weighted by molar-refractivity contribution is 0.242. The SMILES string of the molecule is CC(C)Oc1ccc(NC(N)=NCc2cnn(C)n2)cc1. The van der Waals surface area contributed by atoms with Gasteiger partial charge in [-0.2, -0.15) is 15.0 Å². The molecule has 0 aliphatic carbocycles. The van der Waals surface area contributed by atoms with Crippen LogP contribution in [0.25, 0.3) is 0 Å². The van der Waals surface area contributed by atoms with Crippen LogP contribution >= 0.6 is 0 Å². The van der Waals surface area contributed by atoms with Gasteiger partial charge in [-0.1, -0.05) is 0 Å². The van der Waals surface area contributed by atoms with Gasteiger partial charge in [-0.05, 0) is 38.1 Å². The predicted octanol–water partition coefficient (Wildman–Crippen LogP) is 1.53. The number of aliphatic imine (C=N–C) groups is 1. The van der Waals surface area contributed by atoms with Gasteiger partial charge in [-0.15, -0.1) is 0 Å². The van der Waals surface area contributed by atoms with Crippen molar-refractivity contribution in [1.29, 1.82) is 0 Å². The first kappa shape index (κ1) is 14.8. The number of hydrogen-bond acceptors (Lipinski definition) is 4. The van der Waals surface area contributed by atoms with Gasteiger partial charge in [0.25, 0.3) is 0 Å². The third-order valence-electron chi connectivity index (χ3n) is 2.56. The predicted molar refractivity (Wildman–Crippen MR) is 82.2 cm³/mol. The van der Waals surface area contributed by atoms with Crippen LogP contribution in [0.4, 0.5) is 5.69 Å². The molecule has 1 heterocycles. The van der Waals surface area contributed by atoms with E-state index in [1.165, 1.54) is 4.80 Å². The molecule has 21 heavy (non-hydrogen) atoms. The molecule has 0 radical (unpaired) electrons. The molecule has 0 aliphatic rings. The Labute approximate surface area is 123 Å². The third-order valence-corrected chi connectivity index (χ3v) is 2.56. The molecule has 7 nitrogen and oxygen atoms in total. The summed E-state index contributed by atoms with van der Waals surface area (Å²) in [6, 6.07) is 7.56. The quantitative estimate of drug-likeness (QED) is 0.643. The Morgan fingerprint density at radius 1 is 1.38 bits per heavy atom. The number of anilines is 1. The molecule has 0 amide bonds. The minimum atomic E-state index is 0.155. The maximum absolute atomic E-state index is 5.83. The summed E-state index contributed by atoms with van der Waals surface area (Å²) in [6.07, 6.45) is 1.82. The molecule has 112 valence electrons. The zero-order valence-corrected chi connectivity index (χ0v) is 12.4. The van der Waals surface area contributed by atoms with E-state index in [1.807, 2.05) is 38.1 Å². The molecule has 0 aliphatic heterocycles. The summed E-state index contributed by atoms with van der Waals surface area (Å²) in [7, 11) is 1.76. The molecule has 1 aromatic carbocycles. The topological polar surface area (TPSA) is 90.4 Å². The van der Waals surface area contributed by atoms with Crippen LogP contribution in [0, 0.1) is 0 Å². The van der Waals surface area contributed by atoms with Crippen LogP contribution < -0.4 is 15.8 Å². The fourth-order valence-corrected chi connectivity index (χ4v) is 1.70. The number of aryl methyl sites for hydroxylation is 1. The van der Waals surface area contributed by atoms with Crippen LogP contribution in [0.3, 0.4) is 0 Å². The Balaban J connectivity index is 1.91. The van der Waals surface area contributed by atoms with E-state index in [9.17, 15) is 0 Å². The van der Waals surface area contributed by atoms with Crippen molar-refractivity contribution in [1.82, 2.24) is 15.0 Å². The average molecular weight is 288 g/mol. The van der Waals surface area contributed by atoms with Crippen LogP contribution in [0.5, 0.6) is 5.75 Å². The van der Waals surface area contributed by atoms with Gasteiger partial charge in [0.05, 0.1) is 18.8 Å². The van der Waals surface area contributed by atoms with Crippen molar-refractivity contribution in [3.8, 4) is 5.75 Å². The van der Waals surface area contributed by atoms with Gasteiger partial charge >= 0.3 is 0 Å². The van der Waals surface area contributed by atoms with E-state index in [2.05, 4.69) is 20.5 Å². The standard InChI is InChI=1S/C14H20N6O/c1-10(2)21-13-6-4-11(5-7-13)18-14(15)16-8-12-9-17-20(3)19-12/h4-7,9-10H,8H2,1-3H3,(H3,15,16,18). The Morgan fingerprint density at radius 2 is 2.10 bits per heavy atom. The molecule has 2 aromatic rings. The number of ether oxygens (including phenoxy) is 1. The Morgan fingerprint density at radius 3 is 2.67 bits per heavy atom. The van der Waals surface area contributed by atoms with Crippen molar-refractivity contribution in [2.75, 3.05) is 5.32 Å². The molecule has 1 aromatic heterocycles. The molecule has 3 N–H and O–H groups in total. The second-order valence-electron chi connectivity index (χ2n) is 4.84. The summed E-state index contributed by atoms with van der Waals surface area (Å²) >= 11 is 0. The second kappa shape index (κ2) is 6.74. The summed E-state index contributed by atoms with van der Waals surface area (Å²) in [4.78, 5) is 5.70. The molecule has 0 spiro atoms. The Hall–Kier alpha value is -2.57. The Bertz CT molecular complexity index is 602. The van der Waals surface area contributed by atoms with E-state index < -0.39 is 0 Å². The first-order chi connectivity index (χ1) is 10.0. The monoisotopic (exact) mass is 288 g/mol. The van der Waals surface area contributed by atoms with Crippen molar-refractivity contribution in [3.63, 3.8) is 0 Å². The summed E-state index contributed by atoms with van der Waals surface area (Å²) in [6.45, 7) is 4.37. The van der Waals surface area contributed by atoms with E-state index in [0.717, 1.165) is 17.1 Å². The summed E-state index contributed by atoms with van der Waals surface area (Å²) in [5.74, 6) is 1.16. The maximum Gasteiger partial charge on any atom is 0.193 e. The first-order valence-electron chi connectivity index (χ1n) is 6.72. The smallest absolute Gasteiger partial charge is 0.193 e. The summed E-state index contributed by atoms with van der Waals surface area (Å²) in [5.41, 5.74) is 7.45. The molecule has 0 atom stereocenters. The summed E-state index contributed by atoms with van der Waals surface area (Å²) < 4.78 is 5.58. The number of hydrogen-bond donors (Lipinski definition) is 2. The molecule has 0 fully saturated rings. The van der Waals surface area contributed by atoms with E-state index in [1.54, 1.807) is 13.2 Å². The molecule has 2 rings (SSSR count). The highest BCUT2D eigenvalue weighted by atomic mass is 16.5. The highest BCUT2D eigenvalue weighted by Gasteiger charge is 2.00. The Kier molecular flexibility index (Phi) is 4.76. The minimum Gasteiger partial charge on any atom is -0.491 e. The number of aromatic nitrogens is 3. The van der Waals surface area contributed by atoms with E-state index in [0.29, 0.717) is 12.5 Å². The van der Waals surface area contributed by atoms with E-state index in [4.69, 9.17) is 10.5 Å². The van der Waals surface area contributed by atoms with Crippen molar-refractivity contribution in [2.45, 2.75) is 26.5 Å². The number of rotatable bonds is 5. The van der Waals surface area contributed by atoms with Gasteiger partial charge in [0.1, 0.15) is 11.4 Å². The molecule has 7 heteroatoms. The zero-order valence-electron chi connectivity index (χ0n) is 12.4. The van der Waals surface area contributed by atoms with Gasteiger partial charge in [0.15, 0.2) is 5.96 Å². The fourth-order valence-electron chi connectivity index (χ4n) is 1.70. The second-order valence-corrected chi connectivity index (χ2v) is 4.84. The van der Waals surface area contributed by atoms with Crippen molar-refractivity contribution in [3.05, 3.63) is 36.2 Å². The van der Waals surface area contributed by atoms with Gasteiger partial charge < -0.3 is 15.8 Å². The van der Waals surface area contributed by atoms with Gasteiger partial charge in [0, 0.05) is 12.7 Å². The average Bonchev–Trinajstić information content (AvgIpc) is 2.84. The molecule has 0 unspecified atom stereocenters. The van der Waals surface area contributed by atoms with Gasteiger partial charge in [-0.3, -0.25) is 0 Å². The number of nitrogens with one attached hydrogen (secondary N) is 1. The fraction of sp³-hybridized carbons (Fsp3) is 0.357. The molecular weight excluding hydrogens is 268 g/mol. The van der Waals surface area contributed by atoms with Crippen LogP contribution in [0.1, 0.15) is 19.5 Å². The first-order valence-corrected chi connectivity index (χ1v) is 6.72. The van der Waals surface area contributed by atoms with E-state index >= 15 is 0 Å². The molecule has 0 bridgehead atoms. The van der Waals surface area contributed by atoms with Crippen LogP contribution in [-0.4, -0.2) is 27.1 Å². The lowest BCUT2D eigenvalue weighted by atomic mass is 10.3. The molecular formula is C14H20N6O. The highest BCUT2D eigenvalue weighted by Crippen LogP contribution is 2.16.